The van der Waals surface area contributed by atoms with Crippen LogP contribution in [0.1, 0.15) is 41.5 Å². The number of imide groups is 1. The molecule has 0 atom stereocenters. The molecule has 1 heterocycles. The van der Waals surface area contributed by atoms with E-state index in [1.54, 1.807) is 47.6 Å². The van der Waals surface area contributed by atoms with Crippen molar-refractivity contribution in [1.82, 2.24) is 4.59 Å². The molecule has 1 aliphatic rings. The molecule has 2 rings (SSSR count). The number of carbonyl (C=O) groups excluding carboxylic acids is 2. The summed E-state index contributed by atoms with van der Waals surface area (Å²) in [5.41, 5.74) is -1.06. The molecule has 0 N–H and O–H groups in total. The second-order valence-electron chi connectivity index (χ2n) is 7.42. The van der Waals surface area contributed by atoms with Crippen molar-refractivity contribution >= 4 is 35.2 Å². The number of fused-ring (bicyclic) bond motifs is 1. The number of quaternary nitrogens is 1. The fourth-order valence-electron chi connectivity index (χ4n) is 2.01. The minimum atomic E-state index is -1.14. The maximum absolute atomic E-state index is 12.8. The molecule has 0 spiro atoms. The second-order valence-corrected chi connectivity index (χ2v) is 7.86. The summed E-state index contributed by atoms with van der Waals surface area (Å²) in [5, 5.41) is 8.24. The summed E-state index contributed by atoms with van der Waals surface area (Å²) in [7, 11) is 0. The maximum atomic E-state index is 12.8. The van der Waals surface area contributed by atoms with Gasteiger partial charge in [-0.25, -0.2) is 0 Å². The van der Waals surface area contributed by atoms with Crippen LogP contribution in [0, 0.1) is 0 Å². The molecule has 0 radical (unpaired) electrons. The van der Waals surface area contributed by atoms with Gasteiger partial charge in [-0.05, 0) is 53.7 Å². The van der Waals surface area contributed by atoms with Crippen molar-refractivity contribution in [3.63, 3.8) is 0 Å². The topological polar surface area (TPSA) is 77.3 Å². The van der Waals surface area contributed by atoms with Crippen LogP contribution < -0.4 is 4.59 Å². The molecule has 0 aromatic heterocycles. The number of ether oxygens (including phenoxy) is 2. The van der Waals surface area contributed by atoms with Gasteiger partial charge in [-0.1, -0.05) is 16.7 Å². The van der Waals surface area contributed by atoms with Crippen LogP contribution in [0.25, 0.3) is 0 Å². The van der Waals surface area contributed by atoms with E-state index in [-0.39, 0.29) is 5.69 Å². The monoisotopic (exact) mass is 354 g/mol. The van der Waals surface area contributed by atoms with Gasteiger partial charge in [-0.2, -0.15) is 9.59 Å². The van der Waals surface area contributed by atoms with E-state index in [9.17, 15) is 9.59 Å². The maximum Gasteiger partial charge on any atom is 0.562 e. The van der Waals surface area contributed by atoms with Crippen molar-refractivity contribution in [2.24, 2.45) is 10.3 Å². The Hall–Kier alpha value is -1.99. The van der Waals surface area contributed by atoms with Crippen LogP contribution in [0.4, 0.5) is 21.0 Å². The number of hydrogen-bond donors (Lipinski definition) is 0. The van der Waals surface area contributed by atoms with Gasteiger partial charge in [-0.3, -0.25) is 0 Å². The molecule has 1 aromatic carbocycles. The highest BCUT2D eigenvalue weighted by molar-refractivity contribution is 6.31. The fraction of sp³-hybridized carbons (Fsp3) is 0.500. The van der Waals surface area contributed by atoms with Crippen LogP contribution in [-0.4, -0.2) is 23.4 Å². The highest BCUT2D eigenvalue weighted by atomic mass is 35.5. The Balaban J connectivity index is 2.56. The van der Waals surface area contributed by atoms with E-state index in [1.165, 1.54) is 12.1 Å². The summed E-state index contributed by atoms with van der Waals surface area (Å²) >= 11 is 5.95. The molecule has 2 amide bonds. The summed E-state index contributed by atoms with van der Waals surface area (Å²) in [6.45, 7) is 10.2. The van der Waals surface area contributed by atoms with E-state index >= 15 is 0 Å². The SMILES string of the molecule is CC(C)(C)OC(=O)[N+]1(C(=O)OC(C)(C)C)N=Nc2cc(Cl)ccc21. The third-order valence-electron chi connectivity index (χ3n) is 2.89. The molecular formula is C16H21ClN3O4+. The molecule has 0 saturated carbocycles. The summed E-state index contributed by atoms with van der Waals surface area (Å²) in [6.07, 6.45) is -1.77. The van der Waals surface area contributed by atoms with E-state index in [2.05, 4.69) is 10.3 Å². The first-order valence-electron chi connectivity index (χ1n) is 7.45. The molecule has 0 fully saturated rings. The number of benzene rings is 1. The predicted molar refractivity (Wildman–Crippen MR) is 90.2 cm³/mol. The third-order valence-corrected chi connectivity index (χ3v) is 3.12. The number of nitrogens with zero attached hydrogens (tertiary/aromatic N) is 3. The first kappa shape index (κ1) is 18.4. The molecular weight excluding hydrogens is 334 g/mol. The summed E-state index contributed by atoms with van der Waals surface area (Å²) in [5.74, 6) is 0. The van der Waals surface area contributed by atoms with Gasteiger partial charge in [-0.15, -0.1) is 0 Å². The lowest BCUT2D eigenvalue weighted by Crippen LogP contribution is -2.56. The van der Waals surface area contributed by atoms with Crippen LogP contribution in [0.5, 0.6) is 0 Å². The normalized spacial score (nSPS) is 15.8. The average molecular weight is 355 g/mol. The molecule has 24 heavy (non-hydrogen) atoms. The van der Waals surface area contributed by atoms with Crippen LogP contribution in [0.15, 0.2) is 28.5 Å². The predicted octanol–water partition coefficient (Wildman–Crippen LogP) is 5.53. The molecule has 1 aromatic rings. The van der Waals surface area contributed by atoms with Gasteiger partial charge >= 0.3 is 12.2 Å². The molecule has 0 aliphatic carbocycles. The van der Waals surface area contributed by atoms with Gasteiger partial charge in [0.05, 0.1) is 9.82 Å². The van der Waals surface area contributed by atoms with E-state index in [4.69, 9.17) is 21.1 Å². The Morgan fingerprint density at radius 2 is 1.50 bits per heavy atom. The molecule has 0 saturated heterocycles. The van der Waals surface area contributed by atoms with Gasteiger partial charge in [0.1, 0.15) is 11.2 Å². The van der Waals surface area contributed by atoms with Gasteiger partial charge < -0.3 is 9.47 Å². The number of carbonyl (C=O) groups is 2. The zero-order valence-electron chi connectivity index (χ0n) is 14.6. The van der Waals surface area contributed by atoms with Crippen LogP contribution in [0.3, 0.4) is 0 Å². The molecule has 8 heteroatoms. The van der Waals surface area contributed by atoms with Crippen LogP contribution in [-0.2, 0) is 9.47 Å². The van der Waals surface area contributed by atoms with Gasteiger partial charge in [0.15, 0.2) is 5.69 Å². The van der Waals surface area contributed by atoms with Crippen molar-refractivity contribution in [3.8, 4) is 0 Å². The van der Waals surface area contributed by atoms with Crippen molar-refractivity contribution < 1.29 is 19.1 Å². The van der Waals surface area contributed by atoms with Gasteiger partial charge in [0.2, 0.25) is 5.69 Å². The Morgan fingerprint density at radius 1 is 1.00 bits per heavy atom. The third kappa shape index (κ3) is 3.57. The smallest absolute Gasteiger partial charge is 0.412 e. The standard InChI is InChI=1S/C16H21ClN3O4/c1-15(2,3)23-13(21)20(14(22)24-16(4,5)6)12-8-7-10(17)9-11(12)18-19-20/h7-9H,1-6H3/q+1. The summed E-state index contributed by atoms with van der Waals surface area (Å²) in [4.78, 5) is 25.6. The number of halogens is 1. The lowest BCUT2D eigenvalue weighted by atomic mass is 10.2. The number of rotatable bonds is 0. The van der Waals surface area contributed by atoms with E-state index in [0.717, 1.165) is 0 Å². The highest BCUT2D eigenvalue weighted by Crippen LogP contribution is 2.44. The lowest BCUT2D eigenvalue weighted by molar-refractivity contribution is 0.00296. The lowest BCUT2D eigenvalue weighted by Gasteiger charge is -2.27. The van der Waals surface area contributed by atoms with E-state index in [0.29, 0.717) is 10.7 Å². The Labute approximate surface area is 145 Å². The Bertz CT molecular complexity index is 689. The molecule has 1 aliphatic heterocycles. The highest BCUT2D eigenvalue weighted by Gasteiger charge is 2.60. The van der Waals surface area contributed by atoms with E-state index < -0.39 is 28.0 Å². The zero-order chi connectivity index (χ0) is 18.3. The second kappa shape index (κ2) is 5.82. The fourth-order valence-corrected chi connectivity index (χ4v) is 2.18. The first-order chi connectivity index (χ1) is 10.8. The largest absolute Gasteiger partial charge is 0.562 e. The zero-order valence-corrected chi connectivity index (χ0v) is 15.3. The molecule has 130 valence electrons. The Morgan fingerprint density at radius 3 is 1.96 bits per heavy atom. The van der Waals surface area contributed by atoms with Crippen molar-refractivity contribution in [2.45, 2.75) is 52.7 Å². The molecule has 0 unspecified atom stereocenters. The Kier molecular flexibility index (Phi) is 4.45. The minimum absolute atomic E-state index is 0.239. The quantitative estimate of drug-likeness (QED) is 0.574. The van der Waals surface area contributed by atoms with Crippen LogP contribution >= 0.6 is 11.6 Å². The first-order valence-corrected chi connectivity index (χ1v) is 7.82. The number of amides is 2. The van der Waals surface area contributed by atoms with Crippen molar-refractivity contribution in [3.05, 3.63) is 23.2 Å². The van der Waals surface area contributed by atoms with E-state index in [1.807, 2.05) is 0 Å². The van der Waals surface area contributed by atoms with Crippen molar-refractivity contribution in [2.75, 3.05) is 0 Å². The van der Waals surface area contributed by atoms with Gasteiger partial charge in [0.25, 0.3) is 0 Å². The van der Waals surface area contributed by atoms with Gasteiger partial charge in [0, 0.05) is 11.1 Å². The van der Waals surface area contributed by atoms with Crippen molar-refractivity contribution in [1.29, 1.82) is 0 Å². The molecule has 7 nitrogen and oxygen atoms in total. The molecule has 0 bridgehead atoms. The average Bonchev–Trinajstić information content (AvgIpc) is 2.74. The summed E-state index contributed by atoms with van der Waals surface area (Å²) < 4.78 is 9.65. The minimum Gasteiger partial charge on any atom is -0.412 e. The van der Waals surface area contributed by atoms with Crippen LogP contribution in [0.2, 0.25) is 5.02 Å². The number of hydrogen-bond acceptors (Lipinski definition) is 6. The summed E-state index contributed by atoms with van der Waals surface area (Å²) in [6, 6.07) is 4.60.